The highest BCUT2D eigenvalue weighted by atomic mass is 16.5. The van der Waals surface area contributed by atoms with E-state index in [1.165, 1.54) is 11.1 Å². The lowest BCUT2D eigenvalue weighted by Gasteiger charge is -2.22. The van der Waals surface area contributed by atoms with Crippen LogP contribution in [0.15, 0.2) is 29.3 Å². The molecule has 0 amide bonds. The predicted octanol–water partition coefficient (Wildman–Crippen LogP) is 3.89. The molecule has 0 aliphatic carbocycles. The second kappa shape index (κ2) is 14.4. The Labute approximate surface area is 182 Å². The molecule has 1 saturated heterocycles. The fraction of sp³-hybridized carbons (Fsp3) is 0.708. The molecule has 1 aliphatic rings. The van der Waals surface area contributed by atoms with Crippen molar-refractivity contribution in [3.8, 4) is 0 Å². The number of guanidine groups is 1. The molecule has 30 heavy (non-hydrogen) atoms. The minimum atomic E-state index is 0.276. The molecule has 2 N–H and O–H groups in total. The lowest BCUT2D eigenvalue weighted by molar-refractivity contribution is -0.0390. The van der Waals surface area contributed by atoms with Crippen LogP contribution in [0.3, 0.4) is 0 Å². The van der Waals surface area contributed by atoms with Gasteiger partial charge in [0.15, 0.2) is 5.96 Å². The highest BCUT2D eigenvalue weighted by Crippen LogP contribution is 2.15. The van der Waals surface area contributed by atoms with Gasteiger partial charge in [-0.05, 0) is 50.2 Å². The van der Waals surface area contributed by atoms with Crippen molar-refractivity contribution in [2.45, 2.75) is 72.3 Å². The summed E-state index contributed by atoms with van der Waals surface area (Å²) < 4.78 is 17.3. The van der Waals surface area contributed by atoms with Gasteiger partial charge in [0.25, 0.3) is 0 Å². The Balaban J connectivity index is 1.84. The summed E-state index contributed by atoms with van der Waals surface area (Å²) in [6.45, 7) is 13.9. The van der Waals surface area contributed by atoms with E-state index < -0.39 is 0 Å². The van der Waals surface area contributed by atoms with Crippen molar-refractivity contribution in [2.75, 3.05) is 32.9 Å². The molecule has 0 bridgehead atoms. The fourth-order valence-corrected chi connectivity index (χ4v) is 3.54. The second-order valence-electron chi connectivity index (χ2n) is 8.09. The molecule has 0 aromatic heterocycles. The van der Waals surface area contributed by atoms with Crippen molar-refractivity contribution in [2.24, 2.45) is 10.9 Å². The predicted molar refractivity (Wildman–Crippen MR) is 123 cm³/mol. The highest BCUT2D eigenvalue weighted by molar-refractivity contribution is 5.79. The van der Waals surface area contributed by atoms with Crippen LogP contribution >= 0.6 is 0 Å². The third-order valence-corrected chi connectivity index (χ3v) is 5.26. The van der Waals surface area contributed by atoms with Crippen molar-refractivity contribution < 1.29 is 14.2 Å². The largest absolute Gasteiger partial charge is 0.381 e. The van der Waals surface area contributed by atoms with Gasteiger partial charge in [-0.3, -0.25) is 0 Å². The molecule has 1 fully saturated rings. The van der Waals surface area contributed by atoms with Crippen LogP contribution in [-0.4, -0.2) is 51.1 Å². The summed E-state index contributed by atoms with van der Waals surface area (Å²) in [5.74, 6) is 1.36. The van der Waals surface area contributed by atoms with Crippen molar-refractivity contribution in [1.29, 1.82) is 0 Å². The van der Waals surface area contributed by atoms with Crippen LogP contribution in [0.4, 0.5) is 0 Å². The molecule has 1 aliphatic heterocycles. The van der Waals surface area contributed by atoms with Crippen molar-refractivity contribution >= 4 is 5.96 Å². The molecule has 170 valence electrons. The van der Waals surface area contributed by atoms with Gasteiger partial charge < -0.3 is 24.8 Å². The zero-order valence-electron chi connectivity index (χ0n) is 19.3. The Morgan fingerprint density at radius 3 is 2.63 bits per heavy atom. The quantitative estimate of drug-likeness (QED) is 0.398. The molecule has 1 atom stereocenters. The molecular formula is C24H41N3O3. The van der Waals surface area contributed by atoms with E-state index in [1.807, 2.05) is 0 Å². The van der Waals surface area contributed by atoms with E-state index in [2.05, 4.69) is 62.6 Å². The Bertz CT molecular complexity index is 615. The van der Waals surface area contributed by atoms with Gasteiger partial charge in [-0.15, -0.1) is 0 Å². The Kier molecular flexibility index (Phi) is 11.8. The average Bonchev–Trinajstić information content (AvgIpc) is 2.76. The lowest BCUT2D eigenvalue weighted by atomic mass is 10.0. The molecule has 1 unspecified atom stereocenters. The van der Waals surface area contributed by atoms with Gasteiger partial charge in [0, 0.05) is 32.9 Å². The molecule has 0 saturated carbocycles. The summed E-state index contributed by atoms with van der Waals surface area (Å²) >= 11 is 0. The normalized spacial score (nSPS) is 16.6. The van der Waals surface area contributed by atoms with Gasteiger partial charge in [-0.1, -0.05) is 38.1 Å². The maximum absolute atomic E-state index is 6.05. The summed E-state index contributed by atoms with van der Waals surface area (Å²) in [6.07, 6.45) is 3.54. The maximum atomic E-state index is 6.05. The molecule has 1 heterocycles. The smallest absolute Gasteiger partial charge is 0.191 e. The summed E-state index contributed by atoms with van der Waals surface area (Å²) in [5.41, 5.74) is 2.39. The first-order valence-electron chi connectivity index (χ1n) is 11.5. The first-order chi connectivity index (χ1) is 14.6. The number of hydrogen-bond donors (Lipinski definition) is 2. The zero-order chi connectivity index (χ0) is 21.6. The number of aliphatic imine (C=N–C) groups is 1. The van der Waals surface area contributed by atoms with E-state index in [0.29, 0.717) is 25.2 Å². The van der Waals surface area contributed by atoms with Gasteiger partial charge in [-0.25, -0.2) is 4.99 Å². The molecule has 1 aromatic carbocycles. The van der Waals surface area contributed by atoms with Gasteiger partial charge in [0.1, 0.15) is 0 Å². The molecule has 1 aromatic rings. The van der Waals surface area contributed by atoms with Gasteiger partial charge in [0.05, 0.1) is 25.4 Å². The topological polar surface area (TPSA) is 64.1 Å². The van der Waals surface area contributed by atoms with Crippen LogP contribution in [0.1, 0.15) is 58.1 Å². The Morgan fingerprint density at radius 2 is 1.93 bits per heavy atom. The monoisotopic (exact) mass is 419 g/mol. The SMILES string of the molecule is CCNC(=NCc1cccc(COC2CCOCC2)c1)NCCC(OCC)C(C)C. The van der Waals surface area contributed by atoms with Crippen LogP contribution in [0.25, 0.3) is 0 Å². The Morgan fingerprint density at radius 1 is 1.17 bits per heavy atom. The third kappa shape index (κ3) is 9.45. The minimum absolute atomic E-state index is 0.276. The van der Waals surface area contributed by atoms with E-state index in [1.54, 1.807) is 0 Å². The first-order valence-corrected chi connectivity index (χ1v) is 11.5. The number of hydrogen-bond acceptors (Lipinski definition) is 4. The van der Waals surface area contributed by atoms with E-state index in [-0.39, 0.29) is 6.10 Å². The fourth-order valence-electron chi connectivity index (χ4n) is 3.54. The molecule has 6 nitrogen and oxygen atoms in total. The molecule has 2 rings (SSSR count). The van der Waals surface area contributed by atoms with E-state index >= 15 is 0 Å². The summed E-state index contributed by atoms with van der Waals surface area (Å²) in [7, 11) is 0. The zero-order valence-corrected chi connectivity index (χ0v) is 19.3. The summed E-state index contributed by atoms with van der Waals surface area (Å²) in [5, 5.41) is 6.77. The van der Waals surface area contributed by atoms with Gasteiger partial charge in [0.2, 0.25) is 0 Å². The molecule has 0 spiro atoms. The van der Waals surface area contributed by atoms with Crippen LogP contribution in [0.5, 0.6) is 0 Å². The number of nitrogens with one attached hydrogen (secondary N) is 2. The van der Waals surface area contributed by atoms with Gasteiger partial charge >= 0.3 is 0 Å². The Hall–Kier alpha value is -1.63. The summed E-state index contributed by atoms with van der Waals surface area (Å²) in [4.78, 5) is 4.76. The minimum Gasteiger partial charge on any atom is -0.381 e. The van der Waals surface area contributed by atoms with Crippen LogP contribution in [-0.2, 0) is 27.4 Å². The van der Waals surface area contributed by atoms with E-state index in [4.69, 9.17) is 19.2 Å². The van der Waals surface area contributed by atoms with Crippen molar-refractivity contribution in [3.63, 3.8) is 0 Å². The number of rotatable bonds is 12. The van der Waals surface area contributed by atoms with Crippen LogP contribution < -0.4 is 10.6 Å². The molecule has 0 radical (unpaired) electrons. The summed E-state index contributed by atoms with van der Waals surface area (Å²) in [6, 6.07) is 8.52. The van der Waals surface area contributed by atoms with Gasteiger partial charge in [-0.2, -0.15) is 0 Å². The van der Waals surface area contributed by atoms with E-state index in [0.717, 1.165) is 58.1 Å². The van der Waals surface area contributed by atoms with Crippen molar-refractivity contribution in [1.82, 2.24) is 10.6 Å². The number of ether oxygens (including phenoxy) is 3. The maximum Gasteiger partial charge on any atom is 0.191 e. The third-order valence-electron chi connectivity index (χ3n) is 5.26. The standard InChI is InChI=1S/C24H41N3O3/c1-5-25-24(26-13-10-23(19(3)4)29-6-2)27-17-20-8-7-9-21(16-20)18-30-22-11-14-28-15-12-22/h7-9,16,19,22-23H,5-6,10-15,17-18H2,1-4H3,(H2,25,26,27). The number of nitrogens with zero attached hydrogens (tertiary/aromatic N) is 1. The highest BCUT2D eigenvalue weighted by Gasteiger charge is 2.14. The van der Waals surface area contributed by atoms with Crippen LogP contribution in [0, 0.1) is 5.92 Å². The molecular weight excluding hydrogens is 378 g/mol. The second-order valence-corrected chi connectivity index (χ2v) is 8.09. The van der Waals surface area contributed by atoms with Crippen LogP contribution in [0.2, 0.25) is 0 Å². The average molecular weight is 420 g/mol. The lowest BCUT2D eigenvalue weighted by Crippen LogP contribution is -2.39. The van der Waals surface area contributed by atoms with Crippen molar-refractivity contribution in [3.05, 3.63) is 35.4 Å². The number of benzene rings is 1. The first kappa shape index (κ1) is 24.6. The van der Waals surface area contributed by atoms with E-state index in [9.17, 15) is 0 Å². The molecule has 6 heteroatoms.